The number of carbonyl (C=O) groups is 2. The maximum atomic E-state index is 12.8. The summed E-state index contributed by atoms with van der Waals surface area (Å²) in [5, 5.41) is 18.6. The number of rotatable bonds is 5. The van der Waals surface area contributed by atoms with E-state index >= 15 is 0 Å². The number of hydrogen-bond acceptors (Lipinski definition) is 6. The Hall–Kier alpha value is -2.54. The smallest absolute Gasteiger partial charge is 0.296 e. The molecule has 1 N–H and O–H groups in total. The van der Waals surface area contributed by atoms with Crippen LogP contribution in [0.2, 0.25) is 0 Å². The molecule has 1 aromatic carbocycles. The van der Waals surface area contributed by atoms with E-state index in [-0.39, 0.29) is 17.3 Å². The van der Waals surface area contributed by atoms with Crippen molar-refractivity contribution in [2.45, 2.75) is 32.2 Å². The van der Waals surface area contributed by atoms with Crippen LogP contribution in [-0.2, 0) is 16.0 Å². The maximum Gasteiger partial charge on any atom is 0.296 e. The lowest BCUT2D eigenvalue weighted by Gasteiger charge is -2.24. The van der Waals surface area contributed by atoms with Gasteiger partial charge in [-0.1, -0.05) is 42.5 Å². The molecule has 2 aliphatic rings. The Kier molecular flexibility index (Phi) is 3.88. The number of nitrogens with zero attached hydrogens (tertiary/aromatic N) is 3. The largest absolute Gasteiger partial charge is 0.503 e. The van der Waals surface area contributed by atoms with Gasteiger partial charge in [-0.25, -0.2) is 0 Å². The van der Waals surface area contributed by atoms with E-state index in [1.165, 1.54) is 27.3 Å². The number of aryl methyl sites for hydroxylation is 1. The van der Waals surface area contributed by atoms with Gasteiger partial charge in [0.1, 0.15) is 5.51 Å². The number of Topliss-reactive ketones (excluding diaryl/α,β-unsaturated/α-hetero) is 1. The molecule has 2 heterocycles. The van der Waals surface area contributed by atoms with Crippen LogP contribution in [0.25, 0.3) is 0 Å². The molecular weight excluding hydrogens is 338 g/mol. The number of amides is 1. The number of carbonyl (C=O) groups excluding carboxylic acids is 2. The lowest BCUT2D eigenvalue weighted by atomic mass is 9.93. The van der Waals surface area contributed by atoms with Gasteiger partial charge in [0, 0.05) is 5.92 Å². The number of aliphatic hydroxyl groups excluding tert-OH is 1. The highest BCUT2D eigenvalue weighted by molar-refractivity contribution is 7.13. The first kappa shape index (κ1) is 16.0. The summed E-state index contributed by atoms with van der Waals surface area (Å²) in [6.07, 6.45) is 2.52. The van der Waals surface area contributed by atoms with Gasteiger partial charge >= 0.3 is 0 Å². The minimum atomic E-state index is -0.653. The van der Waals surface area contributed by atoms with Crippen molar-refractivity contribution in [3.05, 3.63) is 52.2 Å². The quantitative estimate of drug-likeness (QED) is 0.891. The summed E-state index contributed by atoms with van der Waals surface area (Å²) in [5.41, 5.74) is 3.66. The summed E-state index contributed by atoms with van der Waals surface area (Å²) in [5.74, 6) is -1.28. The Morgan fingerprint density at radius 1 is 1.32 bits per heavy atom. The lowest BCUT2D eigenvalue weighted by Crippen LogP contribution is -2.31. The van der Waals surface area contributed by atoms with E-state index in [9.17, 15) is 14.7 Å². The molecule has 6 nitrogen and oxygen atoms in total. The maximum absolute atomic E-state index is 12.8. The van der Waals surface area contributed by atoms with Crippen LogP contribution in [0, 0.1) is 5.92 Å². The minimum absolute atomic E-state index is 0.0864. The van der Waals surface area contributed by atoms with Crippen LogP contribution < -0.4 is 4.90 Å². The van der Waals surface area contributed by atoms with Crippen LogP contribution in [0.5, 0.6) is 0 Å². The number of aliphatic hydroxyl groups is 1. The van der Waals surface area contributed by atoms with Gasteiger partial charge in [-0.3, -0.25) is 14.5 Å². The second-order valence-electron chi connectivity index (χ2n) is 6.29. The van der Waals surface area contributed by atoms with E-state index in [0.717, 1.165) is 24.8 Å². The molecule has 7 heteroatoms. The van der Waals surface area contributed by atoms with E-state index in [0.29, 0.717) is 5.13 Å². The normalized spacial score (nSPS) is 20.4. The topological polar surface area (TPSA) is 83.4 Å². The molecule has 0 radical (unpaired) electrons. The van der Waals surface area contributed by atoms with Crippen LogP contribution in [0.3, 0.4) is 0 Å². The van der Waals surface area contributed by atoms with Crippen molar-refractivity contribution in [2.75, 3.05) is 4.90 Å². The minimum Gasteiger partial charge on any atom is -0.503 e. The summed E-state index contributed by atoms with van der Waals surface area (Å²) >= 11 is 1.20. The number of anilines is 1. The summed E-state index contributed by atoms with van der Waals surface area (Å²) in [6, 6.07) is 7.12. The lowest BCUT2D eigenvalue weighted by molar-refractivity contribution is -0.118. The summed E-state index contributed by atoms with van der Waals surface area (Å²) in [4.78, 5) is 26.8. The van der Waals surface area contributed by atoms with Crippen molar-refractivity contribution in [1.29, 1.82) is 0 Å². The first-order valence-electron chi connectivity index (χ1n) is 8.27. The fraction of sp³-hybridized carbons (Fsp3) is 0.333. The first-order chi connectivity index (χ1) is 12.1. The average molecular weight is 355 g/mol. The number of ketones is 1. The second-order valence-corrected chi connectivity index (χ2v) is 7.11. The molecule has 0 bridgehead atoms. The monoisotopic (exact) mass is 355 g/mol. The van der Waals surface area contributed by atoms with Crippen molar-refractivity contribution >= 4 is 28.2 Å². The molecule has 2 aromatic rings. The molecule has 1 aliphatic carbocycles. The Bertz CT molecular complexity index is 854. The molecule has 1 aliphatic heterocycles. The average Bonchev–Trinajstić information content (AvgIpc) is 3.29. The van der Waals surface area contributed by atoms with Gasteiger partial charge in [-0.15, -0.1) is 10.2 Å². The number of benzene rings is 1. The van der Waals surface area contributed by atoms with Crippen molar-refractivity contribution in [1.82, 2.24) is 10.2 Å². The molecule has 1 atom stereocenters. The molecule has 0 spiro atoms. The molecule has 25 heavy (non-hydrogen) atoms. The van der Waals surface area contributed by atoms with Gasteiger partial charge in [-0.05, 0) is 30.4 Å². The Balaban J connectivity index is 1.82. The Morgan fingerprint density at radius 2 is 2.04 bits per heavy atom. The van der Waals surface area contributed by atoms with Gasteiger partial charge in [-0.2, -0.15) is 0 Å². The van der Waals surface area contributed by atoms with Crippen LogP contribution in [0.15, 0.2) is 41.1 Å². The van der Waals surface area contributed by atoms with Gasteiger partial charge in [0.2, 0.25) is 5.13 Å². The Labute approximate surface area is 148 Å². The van der Waals surface area contributed by atoms with Crippen molar-refractivity contribution in [3.8, 4) is 0 Å². The van der Waals surface area contributed by atoms with E-state index < -0.39 is 17.7 Å². The zero-order valence-corrected chi connectivity index (χ0v) is 14.5. The molecule has 1 aromatic heterocycles. The third-order valence-corrected chi connectivity index (χ3v) is 5.37. The molecule has 1 amide bonds. The molecule has 4 rings (SSSR count). The van der Waals surface area contributed by atoms with Crippen LogP contribution in [0.4, 0.5) is 5.13 Å². The van der Waals surface area contributed by atoms with E-state index in [4.69, 9.17) is 0 Å². The highest BCUT2D eigenvalue weighted by Crippen LogP contribution is 2.45. The third kappa shape index (κ3) is 2.64. The second kappa shape index (κ2) is 6.07. The van der Waals surface area contributed by atoms with Crippen LogP contribution in [0.1, 0.15) is 36.9 Å². The zero-order valence-electron chi connectivity index (χ0n) is 13.7. The molecule has 128 valence electrons. The fourth-order valence-electron chi connectivity index (χ4n) is 3.14. The fourth-order valence-corrected chi connectivity index (χ4v) is 3.73. The van der Waals surface area contributed by atoms with Gasteiger partial charge < -0.3 is 5.11 Å². The predicted molar refractivity (Wildman–Crippen MR) is 93.3 cm³/mol. The van der Waals surface area contributed by atoms with Gasteiger partial charge in [0.25, 0.3) is 5.91 Å². The number of aromatic nitrogens is 2. The first-order valence-corrected chi connectivity index (χ1v) is 9.15. The molecular formula is C18H17N3O3S. The molecule has 1 fully saturated rings. The van der Waals surface area contributed by atoms with Gasteiger partial charge in [0.15, 0.2) is 11.5 Å². The summed E-state index contributed by atoms with van der Waals surface area (Å²) in [6.45, 7) is 2.06. The SMILES string of the molecule is CCc1ccc(C2C(C(=O)C3CC3)=C(O)C(=O)N2c2nncs2)cc1. The van der Waals surface area contributed by atoms with Crippen LogP contribution in [-0.4, -0.2) is 27.0 Å². The van der Waals surface area contributed by atoms with Crippen LogP contribution >= 0.6 is 11.3 Å². The standard InChI is InChI=1S/C18H17N3O3S/c1-2-10-3-5-11(6-4-10)14-13(15(22)12-7-8-12)16(23)17(24)21(14)18-20-19-9-25-18/h3-6,9,12,14,23H,2,7-8H2,1H3. The van der Waals surface area contributed by atoms with E-state index in [1.54, 1.807) is 0 Å². The summed E-state index contributed by atoms with van der Waals surface area (Å²) < 4.78 is 0. The van der Waals surface area contributed by atoms with E-state index in [2.05, 4.69) is 17.1 Å². The number of hydrogen-bond donors (Lipinski definition) is 1. The summed E-state index contributed by atoms with van der Waals surface area (Å²) in [7, 11) is 0. The van der Waals surface area contributed by atoms with Crippen molar-refractivity contribution in [3.63, 3.8) is 0 Å². The third-order valence-electron chi connectivity index (χ3n) is 4.68. The Morgan fingerprint density at radius 3 is 2.60 bits per heavy atom. The molecule has 1 unspecified atom stereocenters. The molecule has 0 saturated heterocycles. The zero-order chi connectivity index (χ0) is 17.6. The highest BCUT2D eigenvalue weighted by Gasteiger charge is 2.48. The van der Waals surface area contributed by atoms with E-state index in [1.807, 2.05) is 24.3 Å². The van der Waals surface area contributed by atoms with Gasteiger partial charge in [0.05, 0.1) is 11.6 Å². The van der Waals surface area contributed by atoms with Crippen molar-refractivity contribution < 1.29 is 14.7 Å². The predicted octanol–water partition coefficient (Wildman–Crippen LogP) is 2.98. The molecule has 1 saturated carbocycles. The van der Waals surface area contributed by atoms with Crippen molar-refractivity contribution in [2.24, 2.45) is 5.92 Å². The highest BCUT2D eigenvalue weighted by atomic mass is 32.1.